The quantitative estimate of drug-likeness (QED) is 0.361. The highest BCUT2D eigenvalue weighted by Crippen LogP contribution is 2.35. The molecule has 0 saturated carbocycles. The van der Waals surface area contributed by atoms with Gasteiger partial charge in [0.15, 0.2) is 5.84 Å². The van der Waals surface area contributed by atoms with E-state index < -0.39 is 0 Å². The van der Waals surface area contributed by atoms with Crippen molar-refractivity contribution in [3.05, 3.63) is 35.4 Å². The molecular weight excluding hydrogens is 226 g/mol. The van der Waals surface area contributed by atoms with Gasteiger partial charge in [0, 0.05) is 18.5 Å². The number of rotatable bonds is 5. The van der Waals surface area contributed by atoms with Crippen molar-refractivity contribution in [3.8, 4) is 0 Å². The van der Waals surface area contributed by atoms with E-state index in [9.17, 15) is 0 Å². The summed E-state index contributed by atoms with van der Waals surface area (Å²) in [7, 11) is 0. The van der Waals surface area contributed by atoms with Crippen LogP contribution in [0.15, 0.2) is 29.4 Å². The Morgan fingerprint density at radius 2 is 2.22 bits per heavy atom. The number of hydrogen-bond donors (Lipinski definition) is 2. The highest BCUT2D eigenvalue weighted by molar-refractivity contribution is 5.81. The predicted octanol–water partition coefficient (Wildman–Crippen LogP) is 1.78. The number of hydrogen-bond acceptors (Lipinski definition) is 3. The van der Waals surface area contributed by atoms with Crippen LogP contribution < -0.4 is 5.73 Å². The highest BCUT2D eigenvalue weighted by Gasteiger charge is 2.28. The molecule has 1 aromatic carbocycles. The van der Waals surface area contributed by atoms with Crippen molar-refractivity contribution in [1.29, 1.82) is 0 Å². The molecule has 3 N–H and O–H groups in total. The van der Waals surface area contributed by atoms with Gasteiger partial charge in [0.2, 0.25) is 0 Å². The third-order valence-corrected chi connectivity index (χ3v) is 3.64. The Morgan fingerprint density at radius 1 is 1.50 bits per heavy atom. The van der Waals surface area contributed by atoms with Crippen molar-refractivity contribution < 1.29 is 5.21 Å². The first kappa shape index (κ1) is 12.9. The average molecular weight is 247 g/mol. The molecule has 1 atom stereocenters. The smallest absolute Gasteiger partial charge is 0.153 e. The van der Waals surface area contributed by atoms with Crippen LogP contribution in [0, 0.1) is 0 Å². The lowest BCUT2D eigenvalue weighted by Gasteiger charge is -2.36. The maximum atomic E-state index is 8.66. The first-order chi connectivity index (χ1) is 8.61. The van der Waals surface area contributed by atoms with Crippen LogP contribution in [0.25, 0.3) is 0 Å². The summed E-state index contributed by atoms with van der Waals surface area (Å²) in [5.74, 6) is 0.853. The second kappa shape index (κ2) is 5.40. The van der Waals surface area contributed by atoms with Crippen LogP contribution in [-0.4, -0.2) is 35.1 Å². The molecule has 0 spiro atoms. The minimum absolute atomic E-state index is 0.274. The van der Waals surface area contributed by atoms with E-state index in [0.717, 1.165) is 13.0 Å². The van der Waals surface area contributed by atoms with E-state index in [4.69, 9.17) is 10.9 Å². The second-order valence-electron chi connectivity index (χ2n) is 5.21. The van der Waals surface area contributed by atoms with Crippen molar-refractivity contribution in [2.24, 2.45) is 10.9 Å². The maximum absolute atomic E-state index is 8.66. The number of fused-ring (bicyclic) bond motifs is 1. The summed E-state index contributed by atoms with van der Waals surface area (Å²) in [6.45, 7) is 5.75. The summed E-state index contributed by atoms with van der Waals surface area (Å²) in [4.78, 5) is 2.25. The molecule has 0 fully saturated rings. The SMILES string of the molecule is CC(C)N(CC(N)=NO)CC1Cc2ccccc21. The fraction of sp³-hybridized carbons (Fsp3) is 0.500. The van der Waals surface area contributed by atoms with Crippen molar-refractivity contribution in [1.82, 2.24) is 4.90 Å². The van der Waals surface area contributed by atoms with Gasteiger partial charge in [-0.1, -0.05) is 29.4 Å². The molecule has 1 aromatic rings. The Balaban J connectivity index is 1.99. The zero-order valence-electron chi connectivity index (χ0n) is 11.0. The molecule has 2 rings (SSSR count). The van der Waals surface area contributed by atoms with Crippen LogP contribution in [-0.2, 0) is 6.42 Å². The molecule has 98 valence electrons. The molecule has 0 saturated heterocycles. The molecular formula is C14H21N3O. The summed E-state index contributed by atoms with van der Waals surface area (Å²) < 4.78 is 0. The molecule has 4 nitrogen and oxygen atoms in total. The number of nitrogens with zero attached hydrogens (tertiary/aromatic N) is 2. The van der Waals surface area contributed by atoms with Gasteiger partial charge in [0.25, 0.3) is 0 Å². The maximum Gasteiger partial charge on any atom is 0.153 e. The van der Waals surface area contributed by atoms with Crippen LogP contribution in [0.4, 0.5) is 0 Å². The number of amidine groups is 1. The molecule has 0 heterocycles. The van der Waals surface area contributed by atoms with Gasteiger partial charge in [0.1, 0.15) is 0 Å². The van der Waals surface area contributed by atoms with Crippen molar-refractivity contribution >= 4 is 5.84 Å². The van der Waals surface area contributed by atoms with Crippen molar-refractivity contribution in [2.45, 2.75) is 32.2 Å². The molecule has 1 aliphatic rings. The number of nitrogens with two attached hydrogens (primary N) is 1. The molecule has 0 amide bonds. The third kappa shape index (κ3) is 2.64. The standard InChI is InChI=1S/C14H21N3O/c1-10(2)17(9-14(15)16-18)8-12-7-11-5-3-4-6-13(11)12/h3-6,10,12,18H,7-9H2,1-2H3,(H2,15,16). The van der Waals surface area contributed by atoms with Gasteiger partial charge in [-0.05, 0) is 31.4 Å². The van der Waals surface area contributed by atoms with Gasteiger partial charge in [0.05, 0.1) is 6.54 Å². The Morgan fingerprint density at radius 3 is 2.83 bits per heavy atom. The fourth-order valence-corrected chi connectivity index (χ4v) is 2.51. The average Bonchev–Trinajstić information content (AvgIpc) is 2.33. The lowest BCUT2D eigenvalue weighted by atomic mass is 9.77. The Kier molecular flexibility index (Phi) is 3.87. The zero-order chi connectivity index (χ0) is 13.1. The normalized spacial score (nSPS) is 18.9. The van der Waals surface area contributed by atoms with E-state index in [2.05, 4.69) is 48.2 Å². The van der Waals surface area contributed by atoms with Gasteiger partial charge in [-0.25, -0.2) is 0 Å². The molecule has 0 aromatic heterocycles. The number of benzene rings is 1. The molecule has 0 aliphatic heterocycles. The molecule has 0 radical (unpaired) electrons. The van der Waals surface area contributed by atoms with Crippen LogP contribution >= 0.6 is 0 Å². The molecule has 0 bridgehead atoms. The topological polar surface area (TPSA) is 61.8 Å². The van der Waals surface area contributed by atoms with Crippen molar-refractivity contribution in [3.63, 3.8) is 0 Å². The van der Waals surface area contributed by atoms with E-state index in [0.29, 0.717) is 18.5 Å². The fourth-order valence-electron chi connectivity index (χ4n) is 2.51. The second-order valence-corrected chi connectivity index (χ2v) is 5.21. The van der Waals surface area contributed by atoms with Gasteiger partial charge in [-0.15, -0.1) is 0 Å². The number of oxime groups is 1. The highest BCUT2D eigenvalue weighted by atomic mass is 16.4. The molecule has 18 heavy (non-hydrogen) atoms. The van der Waals surface area contributed by atoms with Crippen molar-refractivity contribution in [2.75, 3.05) is 13.1 Å². The van der Waals surface area contributed by atoms with E-state index in [1.807, 2.05) is 0 Å². The largest absolute Gasteiger partial charge is 0.409 e. The monoisotopic (exact) mass is 247 g/mol. The minimum atomic E-state index is 0.274. The summed E-state index contributed by atoms with van der Waals surface area (Å²) >= 11 is 0. The lowest BCUT2D eigenvalue weighted by molar-refractivity contribution is 0.225. The lowest BCUT2D eigenvalue weighted by Crippen LogP contribution is -2.42. The van der Waals surface area contributed by atoms with Crippen LogP contribution in [0.2, 0.25) is 0 Å². The van der Waals surface area contributed by atoms with Crippen LogP contribution in [0.3, 0.4) is 0 Å². The predicted molar refractivity (Wildman–Crippen MR) is 73.0 cm³/mol. The summed E-state index contributed by atoms with van der Waals surface area (Å²) in [6, 6.07) is 8.96. The first-order valence-electron chi connectivity index (χ1n) is 6.40. The third-order valence-electron chi connectivity index (χ3n) is 3.64. The molecule has 1 aliphatic carbocycles. The van der Waals surface area contributed by atoms with Gasteiger partial charge in [-0.2, -0.15) is 0 Å². The van der Waals surface area contributed by atoms with Crippen LogP contribution in [0.1, 0.15) is 30.9 Å². The van der Waals surface area contributed by atoms with Gasteiger partial charge in [-0.3, -0.25) is 4.90 Å². The van der Waals surface area contributed by atoms with E-state index >= 15 is 0 Å². The summed E-state index contributed by atoms with van der Waals surface area (Å²) in [6.07, 6.45) is 1.13. The Labute approximate surface area is 108 Å². The first-order valence-corrected chi connectivity index (χ1v) is 6.40. The summed E-state index contributed by atoms with van der Waals surface area (Å²) in [5, 5.41) is 11.7. The van der Waals surface area contributed by atoms with Gasteiger partial charge >= 0.3 is 0 Å². The Hall–Kier alpha value is -1.55. The van der Waals surface area contributed by atoms with Crippen LogP contribution in [0.5, 0.6) is 0 Å². The molecule has 4 heteroatoms. The zero-order valence-corrected chi connectivity index (χ0v) is 11.0. The van der Waals surface area contributed by atoms with E-state index in [1.54, 1.807) is 0 Å². The van der Waals surface area contributed by atoms with E-state index in [-0.39, 0.29) is 5.84 Å². The van der Waals surface area contributed by atoms with Gasteiger partial charge < -0.3 is 10.9 Å². The minimum Gasteiger partial charge on any atom is -0.409 e. The molecule has 1 unspecified atom stereocenters. The van der Waals surface area contributed by atoms with E-state index in [1.165, 1.54) is 11.1 Å². The Bertz CT molecular complexity index is 442. The summed E-state index contributed by atoms with van der Waals surface area (Å²) in [5.41, 5.74) is 8.50.